The number of unbranched alkanes of at least 4 members (excludes halogenated alkanes) is 1. The molecule has 1 heterocycles. The van der Waals surface area contributed by atoms with E-state index >= 15 is 0 Å². The van der Waals surface area contributed by atoms with E-state index in [4.69, 9.17) is 0 Å². The van der Waals surface area contributed by atoms with Crippen molar-refractivity contribution in [3.63, 3.8) is 0 Å². The minimum Gasteiger partial charge on any atom is -0.365 e. The predicted molar refractivity (Wildman–Crippen MR) is 69.8 cm³/mol. The normalized spacial score (nSPS) is 21.9. The molecule has 1 atom stereocenters. The van der Waals surface area contributed by atoms with Crippen LogP contribution in [0.4, 0.5) is 0 Å². The van der Waals surface area contributed by atoms with Gasteiger partial charge in [-0.3, -0.25) is 0 Å². The zero-order valence-corrected chi connectivity index (χ0v) is 10.6. The Hall–Kier alpha value is -0.720. The van der Waals surface area contributed by atoms with Gasteiger partial charge in [0.2, 0.25) is 0 Å². The molecule has 1 N–H and O–H groups in total. The van der Waals surface area contributed by atoms with Crippen LogP contribution in [0.5, 0.6) is 0 Å². The maximum absolute atomic E-state index is 3.46. The lowest BCUT2D eigenvalue weighted by atomic mass is 9.89. The van der Waals surface area contributed by atoms with Crippen molar-refractivity contribution < 1.29 is 0 Å². The van der Waals surface area contributed by atoms with Gasteiger partial charge in [0.15, 0.2) is 0 Å². The average Bonchev–Trinajstić information content (AvgIpc) is 2.75. The van der Waals surface area contributed by atoms with E-state index in [1.54, 1.807) is 5.56 Å². The number of hydrogen-bond acceptors (Lipinski definition) is 0. The lowest BCUT2D eigenvalue weighted by molar-refractivity contribution is 0.504. The van der Waals surface area contributed by atoms with Crippen LogP contribution in [0, 0.1) is 0 Å². The van der Waals surface area contributed by atoms with Gasteiger partial charge < -0.3 is 4.98 Å². The van der Waals surface area contributed by atoms with Crippen LogP contribution < -0.4 is 0 Å². The SMILES string of the molecule is CCCCC1CCCCCCc2cc1c[nH]2. The maximum atomic E-state index is 3.46. The van der Waals surface area contributed by atoms with Gasteiger partial charge in [-0.05, 0) is 43.2 Å². The van der Waals surface area contributed by atoms with Gasteiger partial charge in [-0.25, -0.2) is 0 Å². The van der Waals surface area contributed by atoms with Gasteiger partial charge in [0.1, 0.15) is 0 Å². The Morgan fingerprint density at radius 2 is 2.12 bits per heavy atom. The van der Waals surface area contributed by atoms with E-state index in [-0.39, 0.29) is 0 Å². The second kappa shape index (κ2) is 6.12. The van der Waals surface area contributed by atoms with Gasteiger partial charge in [-0.15, -0.1) is 0 Å². The van der Waals surface area contributed by atoms with Gasteiger partial charge in [0.05, 0.1) is 0 Å². The van der Waals surface area contributed by atoms with Crippen LogP contribution in [0.2, 0.25) is 0 Å². The van der Waals surface area contributed by atoms with Gasteiger partial charge >= 0.3 is 0 Å². The molecule has 90 valence electrons. The number of aryl methyl sites for hydroxylation is 1. The molecule has 0 aliphatic heterocycles. The molecule has 1 aliphatic rings. The fraction of sp³-hybridized carbons (Fsp3) is 0.733. The summed E-state index contributed by atoms with van der Waals surface area (Å²) in [6.45, 7) is 2.29. The quantitative estimate of drug-likeness (QED) is 0.752. The summed E-state index contributed by atoms with van der Waals surface area (Å²) in [7, 11) is 0. The summed E-state index contributed by atoms with van der Waals surface area (Å²) >= 11 is 0. The number of rotatable bonds is 3. The molecule has 0 fully saturated rings. The maximum Gasteiger partial charge on any atom is 0.0150 e. The van der Waals surface area contributed by atoms with Crippen molar-refractivity contribution >= 4 is 0 Å². The summed E-state index contributed by atoms with van der Waals surface area (Å²) in [5.74, 6) is 0.822. The summed E-state index contributed by atoms with van der Waals surface area (Å²) in [6, 6.07) is 2.42. The third-order valence-corrected chi connectivity index (χ3v) is 3.89. The van der Waals surface area contributed by atoms with Crippen molar-refractivity contribution in [3.8, 4) is 0 Å². The standard InChI is InChI=1S/C15H25N/c1-2-3-8-13-9-6-4-5-7-10-15-11-14(13)12-16-15/h11-13,16H,2-10H2,1H3. The number of aromatic nitrogens is 1. The van der Waals surface area contributed by atoms with Crippen LogP contribution in [-0.4, -0.2) is 4.98 Å². The van der Waals surface area contributed by atoms with Crippen LogP contribution in [0.15, 0.2) is 12.3 Å². The second-order valence-electron chi connectivity index (χ2n) is 5.25. The Balaban J connectivity index is 2.05. The highest BCUT2D eigenvalue weighted by Gasteiger charge is 2.13. The third-order valence-electron chi connectivity index (χ3n) is 3.89. The molecular formula is C15H25N. The van der Waals surface area contributed by atoms with Crippen LogP contribution in [0.3, 0.4) is 0 Å². The lowest BCUT2D eigenvalue weighted by Gasteiger charge is -2.16. The first-order valence-corrected chi connectivity index (χ1v) is 7.07. The zero-order valence-electron chi connectivity index (χ0n) is 10.6. The Morgan fingerprint density at radius 1 is 1.25 bits per heavy atom. The number of fused-ring (bicyclic) bond motifs is 2. The molecule has 0 radical (unpaired) electrons. The molecule has 1 heteroatoms. The topological polar surface area (TPSA) is 15.8 Å². The van der Waals surface area contributed by atoms with Crippen molar-refractivity contribution in [1.82, 2.24) is 4.98 Å². The predicted octanol–water partition coefficient (Wildman–Crippen LogP) is 4.80. The van der Waals surface area contributed by atoms with E-state index in [1.807, 2.05) is 0 Å². The number of nitrogens with one attached hydrogen (secondary N) is 1. The van der Waals surface area contributed by atoms with Crippen molar-refractivity contribution in [2.75, 3.05) is 0 Å². The monoisotopic (exact) mass is 219 g/mol. The third kappa shape index (κ3) is 3.13. The van der Waals surface area contributed by atoms with E-state index < -0.39 is 0 Å². The molecule has 0 aromatic carbocycles. The molecule has 1 unspecified atom stereocenters. The molecule has 1 aromatic rings. The molecule has 0 saturated carbocycles. The van der Waals surface area contributed by atoms with Crippen LogP contribution >= 0.6 is 0 Å². The van der Waals surface area contributed by atoms with Gasteiger partial charge in [-0.1, -0.05) is 39.0 Å². The van der Waals surface area contributed by atoms with Crippen molar-refractivity contribution in [1.29, 1.82) is 0 Å². The van der Waals surface area contributed by atoms with E-state index in [2.05, 4.69) is 24.2 Å². The summed E-state index contributed by atoms with van der Waals surface area (Å²) < 4.78 is 0. The van der Waals surface area contributed by atoms with E-state index in [9.17, 15) is 0 Å². The molecule has 1 nitrogen and oxygen atoms in total. The number of hydrogen-bond donors (Lipinski definition) is 1. The van der Waals surface area contributed by atoms with Gasteiger partial charge in [0, 0.05) is 11.9 Å². The molecular weight excluding hydrogens is 194 g/mol. The second-order valence-corrected chi connectivity index (χ2v) is 5.25. The average molecular weight is 219 g/mol. The molecule has 2 rings (SSSR count). The minimum atomic E-state index is 0.822. The summed E-state index contributed by atoms with van der Waals surface area (Å²) in [4.78, 5) is 3.46. The fourth-order valence-corrected chi connectivity index (χ4v) is 2.83. The number of H-pyrrole nitrogens is 1. The largest absolute Gasteiger partial charge is 0.365 e. The Labute approximate surface area is 99.6 Å². The molecule has 2 bridgehead atoms. The van der Waals surface area contributed by atoms with Crippen LogP contribution in [0.25, 0.3) is 0 Å². The zero-order chi connectivity index (χ0) is 11.2. The summed E-state index contributed by atoms with van der Waals surface area (Å²) in [6.07, 6.45) is 14.6. The molecule has 0 spiro atoms. The fourth-order valence-electron chi connectivity index (χ4n) is 2.83. The Morgan fingerprint density at radius 3 is 3.00 bits per heavy atom. The van der Waals surface area contributed by atoms with Gasteiger partial charge in [0.25, 0.3) is 0 Å². The first-order chi connectivity index (χ1) is 7.90. The minimum absolute atomic E-state index is 0.822. The molecule has 16 heavy (non-hydrogen) atoms. The van der Waals surface area contributed by atoms with Crippen molar-refractivity contribution in [2.45, 2.75) is 70.6 Å². The first kappa shape index (κ1) is 11.8. The van der Waals surface area contributed by atoms with Gasteiger partial charge in [-0.2, -0.15) is 0 Å². The van der Waals surface area contributed by atoms with Crippen LogP contribution in [-0.2, 0) is 6.42 Å². The van der Waals surface area contributed by atoms with Crippen molar-refractivity contribution in [3.05, 3.63) is 23.5 Å². The highest BCUT2D eigenvalue weighted by atomic mass is 14.7. The summed E-state index contributed by atoms with van der Waals surface area (Å²) in [5, 5.41) is 0. The Kier molecular flexibility index (Phi) is 4.50. The summed E-state index contributed by atoms with van der Waals surface area (Å²) in [5.41, 5.74) is 3.03. The smallest absolute Gasteiger partial charge is 0.0150 e. The van der Waals surface area contributed by atoms with E-state index in [0.29, 0.717) is 0 Å². The highest BCUT2D eigenvalue weighted by Crippen LogP contribution is 2.30. The van der Waals surface area contributed by atoms with E-state index in [1.165, 1.54) is 63.5 Å². The Bertz CT molecular complexity index is 300. The first-order valence-electron chi connectivity index (χ1n) is 7.07. The molecule has 1 aromatic heterocycles. The highest BCUT2D eigenvalue weighted by molar-refractivity contribution is 5.21. The van der Waals surface area contributed by atoms with Crippen molar-refractivity contribution in [2.24, 2.45) is 0 Å². The molecule has 1 aliphatic carbocycles. The molecule has 0 saturated heterocycles. The lowest BCUT2D eigenvalue weighted by Crippen LogP contribution is -1.99. The van der Waals surface area contributed by atoms with Crippen LogP contribution in [0.1, 0.15) is 75.5 Å². The number of aromatic amines is 1. The van der Waals surface area contributed by atoms with E-state index in [0.717, 1.165) is 5.92 Å². The molecule has 0 amide bonds.